The first-order valence-corrected chi connectivity index (χ1v) is 12.0. The molecule has 190 valence electrons. The van der Waals surface area contributed by atoms with Gasteiger partial charge in [0.1, 0.15) is 0 Å². The number of anilines is 1. The Kier molecular flexibility index (Phi) is 9.97. The molecule has 3 N–H and O–H groups in total. The van der Waals surface area contributed by atoms with Gasteiger partial charge in [-0.1, -0.05) is 69.3 Å². The molecule has 2 aromatic rings. The fourth-order valence-corrected chi connectivity index (χ4v) is 3.51. The van der Waals surface area contributed by atoms with E-state index >= 15 is 0 Å². The predicted octanol–water partition coefficient (Wildman–Crippen LogP) is 5.55. The van der Waals surface area contributed by atoms with Crippen LogP contribution in [0.4, 0.5) is 5.69 Å². The number of benzene rings is 2. The number of carbonyl (C=O) groups is 3. The van der Waals surface area contributed by atoms with Gasteiger partial charge in [0, 0.05) is 23.4 Å². The first kappa shape index (κ1) is 28.3. The van der Waals surface area contributed by atoms with Crippen LogP contribution in [-0.2, 0) is 26.2 Å². The molecule has 0 fully saturated rings. The fraction of sp³-hybridized carbons (Fsp3) is 0.300. The summed E-state index contributed by atoms with van der Waals surface area (Å²) in [5.41, 5.74) is 4.04. The number of carbonyl (C=O) groups excluding carboxylic acids is 2. The minimum atomic E-state index is -1.26. The Balaban J connectivity index is 2.09. The van der Waals surface area contributed by atoms with Gasteiger partial charge in [-0.15, -0.1) is 0 Å². The number of carboxylic acid groups (broad SMARTS) is 1. The zero-order valence-electron chi connectivity index (χ0n) is 21.9. The van der Waals surface area contributed by atoms with Gasteiger partial charge in [0.2, 0.25) is 5.91 Å². The van der Waals surface area contributed by atoms with E-state index in [4.69, 9.17) is 0 Å². The molecule has 0 heterocycles. The molecule has 0 bridgehead atoms. The van der Waals surface area contributed by atoms with Crippen LogP contribution < -0.4 is 10.6 Å². The van der Waals surface area contributed by atoms with Crippen LogP contribution in [0.15, 0.2) is 84.0 Å². The maximum atomic E-state index is 12.8. The van der Waals surface area contributed by atoms with Crippen molar-refractivity contribution in [1.29, 1.82) is 0 Å². The molecule has 6 heteroatoms. The monoisotopic (exact) mass is 488 g/mol. The molecule has 0 aliphatic carbocycles. The minimum Gasteiger partial charge on any atom is -0.478 e. The largest absolute Gasteiger partial charge is 0.478 e. The average Bonchev–Trinajstić information content (AvgIpc) is 2.79. The van der Waals surface area contributed by atoms with Crippen LogP contribution in [0, 0.1) is 0 Å². The molecular formula is C30H36N2O4. The van der Waals surface area contributed by atoms with E-state index in [2.05, 4.69) is 55.7 Å². The Labute approximate surface area is 213 Å². The molecule has 0 spiro atoms. The van der Waals surface area contributed by atoms with Gasteiger partial charge in [0.05, 0.1) is 5.57 Å². The van der Waals surface area contributed by atoms with Crippen LogP contribution >= 0.6 is 0 Å². The maximum absolute atomic E-state index is 12.8. The highest BCUT2D eigenvalue weighted by molar-refractivity contribution is 6.13. The molecular weight excluding hydrogens is 452 g/mol. The lowest BCUT2D eigenvalue weighted by Gasteiger charge is -2.19. The number of hydrogen-bond donors (Lipinski definition) is 3. The predicted molar refractivity (Wildman–Crippen MR) is 145 cm³/mol. The Bertz CT molecular complexity index is 1160. The SMILES string of the molecule is C\C=C(C(=O)Nc1ccc(Cc2ccc(C(C)(C)C)cc2)cc1)/C(=C\C=C\C(=O)NC(C)C)C(=O)O. The van der Waals surface area contributed by atoms with Gasteiger partial charge in [0.15, 0.2) is 0 Å². The second-order valence-corrected chi connectivity index (χ2v) is 9.88. The molecule has 0 aliphatic heterocycles. The smallest absolute Gasteiger partial charge is 0.336 e. The van der Waals surface area contributed by atoms with E-state index in [-0.39, 0.29) is 28.5 Å². The quantitative estimate of drug-likeness (QED) is 0.318. The van der Waals surface area contributed by atoms with Crippen molar-refractivity contribution < 1.29 is 19.5 Å². The highest BCUT2D eigenvalue weighted by Gasteiger charge is 2.19. The number of aliphatic carboxylic acids is 1. The van der Waals surface area contributed by atoms with Gasteiger partial charge >= 0.3 is 5.97 Å². The van der Waals surface area contributed by atoms with Crippen molar-refractivity contribution in [2.75, 3.05) is 5.32 Å². The lowest BCUT2D eigenvalue weighted by molar-refractivity contribution is -0.132. The maximum Gasteiger partial charge on any atom is 0.336 e. The molecule has 0 aromatic heterocycles. The van der Waals surface area contributed by atoms with E-state index in [1.807, 2.05) is 26.0 Å². The van der Waals surface area contributed by atoms with Crippen molar-refractivity contribution in [2.24, 2.45) is 0 Å². The first-order valence-electron chi connectivity index (χ1n) is 12.0. The molecule has 2 amide bonds. The number of amides is 2. The van der Waals surface area contributed by atoms with Crippen molar-refractivity contribution in [3.63, 3.8) is 0 Å². The molecule has 36 heavy (non-hydrogen) atoms. The third-order valence-electron chi connectivity index (χ3n) is 5.44. The Hall–Kier alpha value is -3.93. The number of allylic oxidation sites excluding steroid dienone is 3. The van der Waals surface area contributed by atoms with Crippen molar-refractivity contribution in [2.45, 2.75) is 59.4 Å². The van der Waals surface area contributed by atoms with E-state index in [1.165, 1.54) is 35.4 Å². The first-order chi connectivity index (χ1) is 16.9. The van der Waals surface area contributed by atoms with Crippen LogP contribution in [-0.4, -0.2) is 28.9 Å². The molecule has 0 radical (unpaired) electrons. The van der Waals surface area contributed by atoms with Crippen LogP contribution in [0.1, 0.15) is 58.2 Å². The molecule has 0 atom stereocenters. The summed E-state index contributed by atoms with van der Waals surface area (Å²) in [6.45, 7) is 11.8. The number of carboxylic acids is 1. The molecule has 0 unspecified atom stereocenters. The van der Waals surface area contributed by atoms with Crippen LogP contribution in [0.25, 0.3) is 0 Å². The molecule has 0 saturated carbocycles. The fourth-order valence-electron chi connectivity index (χ4n) is 3.51. The third-order valence-corrected chi connectivity index (χ3v) is 5.44. The number of nitrogens with one attached hydrogen (secondary N) is 2. The van der Waals surface area contributed by atoms with Crippen molar-refractivity contribution in [3.8, 4) is 0 Å². The highest BCUT2D eigenvalue weighted by atomic mass is 16.4. The van der Waals surface area contributed by atoms with E-state index in [0.29, 0.717) is 5.69 Å². The van der Waals surface area contributed by atoms with E-state index in [0.717, 1.165) is 12.0 Å². The van der Waals surface area contributed by atoms with Crippen LogP contribution in [0.2, 0.25) is 0 Å². The summed E-state index contributed by atoms with van der Waals surface area (Å²) in [7, 11) is 0. The van der Waals surface area contributed by atoms with Gasteiger partial charge in [0.25, 0.3) is 5.91 Å². The summed E-state index contributed by atoms with van der Waals surface area (Å²) >= 11 is 0. The van der Waals surface area contributed by atoms with Crippen molar-refractivity contribution >= 4 is 23.5 Å². The summed E-state index contributed by atoms with van der Waals surface area (Å²) in [6, 6.07) is 16.0. The summed E-state index contributed by atoms with van der Waals surface area (Å²) in [5, 5.41) is 15.0. The van der Waals surface area contributed by atoms with Gasteiger partial charge in [-0.2, -0.15) is 0 Å². The average molecular weight is 489 g/mol. The Morgan fingerprint density at radius 1 is 0.917 bits per heavy atom. The topological polar surface area (TPSA) is 95.5 Å². The summed E-state index contributed by atoms with van der Waals surface area (Å²) in [4.78, 5) is 36.4. The summed E-state index contributed by atoms with van der Waals surface area (Å²) in [5.74, 6) is -2.15. The van der Waals surface area contributed by atoms with Crippen molar-refractivity contribution in [3.05, 3.63) is 101 Å². The minimum absolute atomic E-state index is 0.000526. The zero-order chi connectivity index (χ0) is 26.9. The van der Waals surface area contributed by atoms with E-state index in [9.17, 15) is 19.5 Å². The summed E-state index contributed by atoms with van der Waals surface area (Å²) < 4.78 is 0. The summed E-state index contributed by atoms with van der Waals surface area (Å²) in [6.07, 6.45) is 5.99. The van der Waals surface area contributed by atoms with E-state index in [1.54, 1.807) is 19.1 Å². The zero-order valence-corrected chi connectivity index (χ0v) is 21.9. The Morgan fingerprint density at radius 2 is 1.47 bits per heavy atom. The van der Waals surface area contributed by atoms with Crippen LogP contribution in [0.5, 0.6) is 0 Å². The molecule has 2 aromatic carbocycles. The lowest BCUT2D eigenvalue weighted by Crippen LogP contribution is -2.28. The number of rotatable bonds is 9. The third kappa shape index (κ3) is 8.69. The van der Waals surface area contributed by atoms with Crippen LogP contribution in [0.3, 0.4) is 0 Å². The highest BCUT2D eigenvalue weighted by Crippen LogP contribution is 2.23. The Morgan fingerprint density at radius 3 is 1.94 bits per heavy atom. The van der Waals surface area contributed by atoms with Crippen molar-refractivity contribution in [1.82, 2.24) is 5.32 Å². The second-order valence-electron chi connectivity index (χ2n) is 9.88. The lowest BCUT2D eigenvalue weighted by atomic mass is 9.86. The van der Waals surface area contributed by atoms with E-state index < -0.39 is 11.9 Å². The molecule has 0 saturated heterocycles. The normalized spacial score (nSPS) is 12.6. The van der Waals surface area contributed by atoms with Gasteiger partial charge < -0.3 is 15.7 Å². The standard InChI is InChI=1S/C30H36N2O4/c1-7-25(26(29(35)36)9-8-10-27(33)31-20(2)3)28(34)32-24-17-13-22(14-18-24)19-21-11-15-23(16-12-21)30(4,5)6/h7-18,20H,19H2,1-6H3,(H,31,33)(H,32,34)(H,35,36)/b10-8+,25-7+,26-9+. The molecule has 0 aliphatic rings. The van der Waals surface area contributed by atoms with Gasteiger partial charge in [-0.25, -0.2) is 4.79 Å². The van der Waals surface area contributed by atoms with Gasteiger partial charge in [-0.05, 0) is 67.5 Å². The number of hydrogen-bond acceptors (Lipinski definition) is 3. The molecule has 2 rings (SSSR count). The molecule has 6 nitrogen and oxygen atoms in total. The second kappa shape index (κ2) is 12.7. The van der Waals surface area contributed by atoms with Gasteiger partial charge in [-0.3, -0.25) is 9.59 Å².